The quantitative estimate of drug-likeness (QED) is 0.739. The molecule has 4 nitrogen and oxygen atoms in total. The lowest BCUT2D eigenvalue weighted by atomic mass is 9.95. The monoisotopic (exact) mass is 258 g/mol. The van der Waals surface area contributed by atoms with Crippen LogP contribution in [0.4, 0.5) is 0 Å². The van der Waals surface area contributed by atoms with Crippen LogP contribution in [0.2, 0.25) is 0 Å². The summed E-state index contributed by atoms with van der Waals surface area (Å²) < 4.78 is 0. The molecule has 0 saturated carbocycles. The van der Waals surface area contributed by atoms with Gasteiger partial charge in [0.15, 0.2) is 5.78 Å². The van der Waals surface area contributed by atoms with Gasteiger partial charge in [-0.1, -0.05) is 6.92 Å². The first-order valence-electron chi connectivity index (χ1n) is 5.91. The van der Waals surface area contributed by atoms with Crippen LogP contribution in [0.1, 0.15) is 23.7 Å². The van der Waals surface area contributed by atoms with Crippen molar-refractivity contribution >= 4 is 5.78 Å². The first kappa shape index (κ1) is 13.0. The molecule has 0 bridgehead atoms. The topological polar surface area (TPSA) is 77.8 Å². The van der Waals surface area contributed by atoms with E-state index in [2.05, 4.69) is 0 Å². The number of phenolic OH excluding ortho intramolecular Hbond substituents is 3. The number of ketones is 1. The molecule has 0 unspecified atom stereocenters. The number of hydrogen-bond acceptors (Lipinski definition) is 4. The number of phenols is 3. The molecule has 0 atom stereocenters. The van der Waals surface area contributed by atoms with E-state index in [1.807, 2.05) is 0 Å². The van der Waals surface area contributed by atoms with Gasteiger partial charge in [-0.05, 0) is 35.9 Å². The van der Waals surface area contributed by atoms with Gasteiger partial charge in [0.1, 0.15) is 17.2 Å². The van der Waals surface area contributed by atoms with Crippen molar-refractivity contribution in [2.45, 2.75) is 13.3 Å². The molecular weight excluding hydrogens is 244 g/mol. The third-order valence-corrected chi connectivity index (χ3v) is 2.90. The molecule has 0 spiro atoms. The van der Waals surface area contributed by atoms with Crippen LogP contribution in [0, 0.1) is 0 Å². The van der Waals surface area contributed by atoms with E-state index < -0.39 is 0 Å². The van der Waals surface area contributed by atoms with Gasteiger partial charge < -0.3 is 15.3 Å². The summed E-state index contributed by atoms with van der Waals surface area (Å²) in [5, 5.41) is 28.6. The van der Waals surface area contributed by atoms with E-state index in [9.17, 15) is 20.1 Å². The Balaban J connectivity index is 2.64. The molecule has 0 aliphatic carbocycles. The first-order chi connectivity index (χ1) is 9.02. The Morgan fingerprint density at radius 3 is 2.11 bits per heavy atom. The Hall–Kier alpha value is -2.49. The molecule has 2 aromatic carbocycles. The summed E-state index contributed by atoms with van der Waals surface area (Å²) in [5.74, 6) is -0.295. The molecular formula is C15H14O4. The number of carbonyl (C=O) groups excluding carboxylic acids is 1. The molecule has 2 rings (SSSR count). The Morgan fingerprint density at radius 2 is 1.53 bits per heavy atom. The molecule has 4 heteroatoms. The van der Waals surface area contributed by atoms with Crippen LogP contribution in [-0.2, 0) is 0 Å². The second-order valence-electron chi connectivity index (χ2n) is 4.21. The number of aromatic hydroxyl groups is 3. The molecule has 0 radical (unpaired) electrons. The van der Waals surface area contributed by atoms with E-state index in [0.29, 0.717) is 23.1 Å². The van der Waals surface area contributed by atoms with E-state index in [1.165, 1.54) is 30.3 Å². The minimum atomic E-state index is -0.127. The van der Waals surface area contributed by atoms with Crippen molar-refractivity contribution in [1.29, 1.82) is 0 Å². The highest BCUT2D eigenvalue weighted by Gasteiger charge is 2.15. The molecule has 0 aliphatic heterocycles. The third-order valence-electron chi connectivity index (χ3n) is 2.90. The van der Waals surface area contributed by atoms with Gasteiger partial charge in [-0.3, -0.25) is 4.79 Å². The summed E-state index contributed by atoms with van der Waals surface area (Å²) in [6.07, 6.45) is 0.301. The molecule has 2 aromatic rings. The predicted molar refractivity (Wildman–Crippen MR) is 71.5 cm³/mol. The van der Waals surface area contributed by atoms with Crippen molar-refractivity contribution < 1.29 is 20.1 Å². The Morgan fingerprint density at radius 1 is 0.947 bits per heavy atom. The highest BCUT2D eigenvalue weighted by Crippen LogP contribution is 2.35. The van der Waals surface area contributed by atoms with Gasteiger partial charge in [-0.2, -0.15) is 0 Å². The SMILES string of the molecule is CCC(=O)c1cc(O)ccc1-c1ccc(O)cc1O. The van der Waals surface area contributed by atoms with Gasteiger partial charge in [0.05, 0.1) is 0 Å². The van der Waals surface area contributed by atoms with Crippen LogP contribution >= 0.6 is 0 Å². The molecule has 98 valence electrons. The Kier molecular flexibility index (Phi) is 3.42. The van der Waals surface area contributed by atoms with Crippen molar-refractivity contribution in [3.8, 4) is 28.4 Å². The molecule has 0 amide bonds. The fourth-order valence-electron chi connectivity index (χ4n) is 1.94. The number of Topliss-reactive ketones (excluding diaryl/α,β-unsaturated/α-hetero) is 1. The highest BCUT2D eigenvalue weighted by atomic mass is 16.3. The number of hydrogen-bond donors (Lipinski definition) is 3. The van der Waals surface area contributed by atoms with E-state index in [0.717, 1.165) is 0 Å². The van der Waals surface area contributed by atoms with Gasteiger partial charge in [-0.15, -0.1) is 0 Å². The molecule has 0 aromatic heterocycles. The molecule has 0 fully saturated rings. The minimum Gasteiger partial charge on any atom is -0.508 e. The highest BCUT2D eigenvalue weighted by molar-refractivity contribution is 6.03. The van der Waals surface area contributed by atoms with Crippen LogP contribution in [0.3, 0.4) is 0 Å². The average molecular weight is 258 g/mol. The van der Waals surface area contributed by atoms with Crippen LogP contribution in [0.5, 0.6) is 17.2 Å². The summed E-state index contributed by atoms with van der Waals surface area (Å²) >= 11 is 0. The maximum Gasteiger partial charge on any atom is 0.163 e. The summed E-state index contributed by atoms with van der Waals surface area (Å²) in [4.78, 5) is 11.9. The molecule has 19 heavy (non-hydrogen) atoms. The smallest absolute Gasteiger partial charge is 0.163 e. The normalized spacial score (nSPS) is 10.4. The summed E-state index contributed by atoms with van der Waals surface area (Å²) in [5.41, 5.74) is 1.32. The molecule has 3 N–H and O–H groups in total. The standard InChI is InChI=1S/C15H14O4/c1-2-14(18)13-7-9(16)3-5-11(13)12-6-4-10(17)8-15(12)19/h3-8,16-17,19H,2H2,1H3. The van der Waals surface area contributed by atoms with Gasteiger partial charge in [-0.25, -0.2) is 0 Å². The van der Waals surface area contributed by atoms with Crippen molar-refractivity contribution in [3.63, 3.8) is 0 Å². The van der Waals surface area contributed by atoms with Crippen LogP contribution in [0.25, 0.3) is 11.1 Å². The molecule has 0 heterocycles. The van der Waals surface area contributed by atoms with Gasteiger partial charge >= 0.3 is 0 Å². The lowest BCUT2D eigenvalue weighted by Gasteiger charge is -2.10. The average Bonchev–Trinajstić information content (AvgIpc) is 2.38. The molecule has 0 aliphatic rings. The van der Waals surface area contributed by atoms with Crippen LogP contribution in [0.15, 0.2) is 36.4 Å². The van der Waals surface area contributed by atoms with Gasteiger partial charge in [0.2, 0.25) is 0 Å². The van der Waals surface area contributed by atoms with E-state index >= 15 is 0 Å². The van der Waals surface area contributed by atoms with Crippen LogP contribution < -0.4 is 0 Å². The zero-order valence-electron chi connectivity index (χ0n) is 10.4. The maximum absolute atomic E-state index is 11.9. The van der Waals surface area contributed by atoms with E-state index in [1.54, 1.807) is 13.0 Å². The number of rotatable bonds is 3. The Bertz CT molecular complexity index is 632. The fourth-order valence-corrected chi connectivity index (χ4v) is 1.94. The summed E-state index contributed by atoms with van der Waals surface area (Å²) in [6, 6.07) is 8.58. The van der Waals surface area contributed by atoms with Gasteiger partial charge in [0, 0.05) is 23.6 Å². The Labute approximate surface area is 110 Å². The summed E-state index contributed by atoms with van der Waals surface area (Å²) in [6.45, 7) is 1.73. The number of carbonyl (C=O) groups is 1. The second-order valence-corrected chi connectivity index (χ2v) is 4.21. The zero-order chi connectivity index (χ0) is 14.0. The van der Waals surface area contributed by atoms with Crippen molar-refractivity contribution in [2.75, 3.05) is 0 Å². The molecule has 0 saturated heterocycles. The second kappa shape index (κ2) is 5.02. The first-order valence-corrected chi connectivity index (χ1v) is 5.91. The third kappa shape index (κ3) is 2.52. The fraction of sp³-hybridized carbons (Fsp3) is 0.133. The lowest BCUT2D eigenvalue weighted by molar-refractivity contribution is 0.0988. The summed E-state index contributed by atoms with van der Waals surface area (Å²) in [7, 11) is 0. The zero-order valence-corrected chi connectivity index (χ0v) is 10.4. The van der Waals surface area contributed by atoms with Crippen molar-refractivity contribution in [3.05, 3.63) is 42.0 Å². The van der Waals surface area contributed by atoms with Crippen molar-refractivity contribution in [1.82, 2.24) is 0 Å². The lowest BCUT2D eigenvalue weighted by Crippen LogP contribution is -1.99. The van der Waals surface area contributed by atoms with Gasteiger partial charge in [0.25, 0.3) is 0 Å². The van der Waals surface area contributed by atoms with Crippen molar-refractivity contribution in [2.24, 2.45) is 0 Å². The van der Waals surface area contributed by atoms with E-state index in [4.69, 9.17) is 0 Å². The van der Waals surface area contributed by atoms with E-state index in [-0.39, 0.29) is 23.0 Å². The van der Waals surface area contributed by atoms with Crippen LogP contribution in [-0.4, -0.2) is 21.1 Å². The maximum atomic E-state index is 11.9. The largest absolute Gasteiger partial charge is 0.508 e. The number of benzene rings is 2. The predicted octanol–water partition coefficient (Wildman–Crippen LogP) is 3.06. The minimum absolute atomic E-state index is 0.00109.